The molecule has 98 valence electrons. The minimum absolute atomic E-state index is 0.0206. The Bertz CT molecular complexity index is 457. The Morgan fingerprint density at radius 1 is 1.33 bits per heavy atom. The molecule has 1 aliphatic heterocycles. The van der Waals surface area contributed by atoms with Crippen molar-refractivity contribution in [3.63, 3.8) is 0 Å². The van der Waals surface area contributed by atoms with Gasteiger partial charge in [0.15, 0.2) is 5.76 Å². The molecular formula is C12H15NO5. The van der Waals surface area contributed by atoms with Crippen LogP contribution in [0.15, 0.2) is 16.7 Å². The summed E-state index contributed by atoms with van der Waals surface area (Å²) < 4.78 is 10.5. The highest BCUT2D eigenvalue weighted by Crippen LogP contribution is 2.16. The van der Waals surface area contributed by atoms with Gasteiger partial charge in [0.25, 0.3) is 5.91 Å². The summed E-state index contributed by atoms with van der Waals surface area (Å²) in [6.07, 6.45) is 1.00. The van der Waals surface area contributed by atoms with E-state index in [1.54, 1.807) is 4.90 Å². The Labute approximate surface area is 104 Å². The van der Waals surface area contributed by atoms with Gasteiger partial charge in [0.1, 0.15) is 6.26 Å². The van der Waals surface area contributed by atoms with Gasteiger partial charge in [-0.05, 0) is 13.8 Å². The van der Waals surface area contributed by atoms with Gasteiger partial charge in [-0.3, -0.25) is 4.79 Å². The number of amides is 1. The van der Waals surface area contributed by atoms with Crippen molar-refractivity contribution >= 4 is 11.9 Å². The van der Waals surface area contributed by atoms with E-state index >= 15 is 0 Å². The highest BCUT2D eigenvalue weighted by atomic mass is 16.5. The Morgan fingerprint density at radius 2 is 1.94 bits per heavy atom. The number of hydrogen-bond donors (Lipinski definition) is 1. The van der Waals surface area contributed by atoms with E-state index in [4.69, 9.17) is 14.3 Å². The third-order valence-corrected chi connectivity index (χ3v) is 2.76. The first-order chi connectivity index (χ1) is 8.47. The SMILES string of the molecule is C[C@@H]1CN(C(=O)c2cc(C(=O)O)co2)C[C@H](C)O1. The molecule has 0 spiro atoms. The van der Waals surface area contributed by atoms with Crippen molar-refractivity contribution in [2.24, 2.45) is 0 Å². The third-order valence-electron chi connectivity index (χ3n) is 2.76. The van der Waals surface area contributed by atoms with E-state index in [1.807, 2.05) is 13.8 Å². The van der Waals surface area contributed by atoms with Crippen LogP contribution in [0.3, 0.4) is 0 Å². The van der Waals surface area contributed by atoms with Crippen LogP contribution in [0.1, 0.15) is 34.8 Å². The number of carboxylic acids is 1. The van der Waals surface area contributed by atoms with Gasteiger partial charge in [-0.1, -0.05) is 0 Å². The van der Waals surface area contributed by atoms with Crippen molar-refractivity contribution < 1.29 is 23.8 Å². The second-order valence-electron chi connectivity index (χ2n) is 4.47. The maximum Gasteiger partial charge on any atom is 0.338 e. The first-order valence-corrected chi connectivity index (χ1v) is 5.74. The van der Waals surface area contributed by atoms with Crippen molar-refractivity contribution in [2.75, 3.05) is 13.1 Å². The molecule has 2 heterocycles. The Balaban J connectivity index is 2.12. The van der Waals surface area contributed by atoms with E-state index in [0.29, 0.717) is 13.1 Å². The summed E-state index contributed by atoms with van der Waals surface area (Å²) in [4.78, 5) is 24.4. The van der Waals surface area contributed by atoms with Crippen LogP contribution in [0, 0.1) is 0 Å². The number of carboxylic acid groups (broad SMARTS) is 1. The molecule has 2 rings (SSSR count). The molecule has 0 aromatic carbocycles. The van der Waals surface area contributed by atoms with Crippen LogP contribution in [-0.2, 0) is 4.74 Å². The summed E-state index contributed by atoms with van der Waals surface area (Å²) in [6, 6.07) is 1.25. The fraction of sp³-hybridized carbons (Fsp3) is 0.500. The van der Waals surface area contributed by atoms with Gasteiger partial charge in [0, 0.05) is 19.2 Å². The maximum absolute atomic E-state index is 12.1. The van der Waals surface area contributed by atoms with E-state index in [0.717, 1.165) is 6.26 Å². The van der Waals surface area contributed by atoms with Gasteiger partial charge < -0.3 is 19.2 Å². The van der Waals surface area contributed by atoms with Gasteiger partial charge in [0.05, 0.1) is 17.8 Å². The fourth-order valence-electron chi connectivity index (χ4n) is 2.06. The standard InChI is InChI=1S/C12H15NO5/c1-7-4-13(5-8(2)18-7)11(14)10-3-9(6-17-10)12(15)16/h3,6-8H,4-5H2,1-2H3,(H,15,16)/t7-,8+. The molecule has 0 radical (unpaired) electrons. The van der Waals surface area contributed by atoms with E-state index < -0.39 is 5.97 Å². The molecule has 0 unspecified atom stereocenters. The zero-order valence-corrected chi connectivity index (χ0v) is 10.3. The normalized spacial score (nSPS) is 24.0. The van der Waals surface area contributed by atoms with Gasteiger partial charge in [-0.2, -0.15) is 0 Å². The molecule has 1 saturated heterocycles. The summed E-state index contributed by atoms with van der Waals surface area (Å²) in [5.74, 6) is -1.36. The molecule has 6 nitrogen and oxygen atoms in total. The van der Waals surface area contributed by atoms with Gasteiger partial charge in [0.2, 0.25) is 0 Å². The van der Waals surface area contributed by atoms with Gasteiger partial charge in [-0.15, -0.1) is 0 Å². The molecule has 1 N–H and O–H groups in total. The lowest BCUT2D eigenvalue weighted by Gasteiger charge is -2.34. The van der Waals surface area contributed by atoms with Crippen molar-refractivity contribution in [1.29, 1.82) is 0 Å². The van der Waals surface area contributed by atoms with Crippen LogP contribution in [0.5, 0.6) is 0 Å². The molecule has 6 heteroatoms. The first-order valence-electron chi connectivity index (χ1n) is 5.74. The fourth-order valence-corrected chi connectivity index (χ4v) is 2.06. The van der Waals surface area contributed by atoms with E-state index in [-0.39, 0.29) is 29.4 Å². The number of ether oxygens (including phenoxy) is 1. The molecule has 1 aromatic rings. The molecule has 18 heavy (non-hydrogen) atoms. The average molecular weight is 253 g/mol. The lowest BCUT2D eigenvalue weighted by molar-refractivity contribution is -0.0592. The van der Waals surface area contributed by atoms with Crippen molar-refractivity contribution in [3.05, 3.63) is 23.7 Å². The van der Waals surface area contributed by atoms with Crippen LogP contribution in [0.25, 0.3) is 0 Å². The molecule has 0 aliphatic carbocycles. The summed E-state index contributed by atoms with van der Waals surface area (Å²) in [7, 11) is 0. The Hall–Kier alpha value is -1.82. The molecule has 1 amide bonds. The van der Waals surface area contributed by atoms with Gasteiger partial charge in [-0.25, -0.2) is 4.79 Å². The van der Waals surface area contributed by atoms with Crippen LogP contribution in [-0.4, -0.2) is 47.2 Å². The molecule has 0 saturated carbocycles. The number of hydrogen-bond acceptors (Lipinski definition) is 4. The number of aromatic carboxylic acids is 1. The summed E-state index contributed by atoms with van der Waals surface area (Å²) >= 11 is 0. The second kappa shape index (κ2) is 4.81. The number of nitrogens with zero attached hydrogens (tertiary/aromatic N) is 1. The number of rotatable bonds is 2. The van der Waals surface area contributed by atoms with Crippen LogP contribution < -0.4 is 0 Å². The number of furan rings is 1. The summed E-state index contributed by atoms with van der Waals surface area (Å²) in [6.45, 7) is 4.74. The summed E-state index contributed by atoms with van der Waals surface area (Å²) in [5.41, 5.74) is -0.0206. The highest BCUT2D eigenvalue weighted by Gasteiger charge is 2.28. The third kappa shape index (κ3) is 2.53. The van der Waals surface area contributed by atoms with Crippen LogP contribution in [0.2, 0.25) is 0 Å². The van der Waals surface area contributed by atoms with Crippen LogP contribution >= 0.6 is 0 Å². The first kappa shape index (κ1) is 12.6. The maximum atomic E-state index is 12.1. The minimum atomic E-state index is -1.11. The smallest absolute Gasteiger partial charge is 0.338 e. The lowest BCUT2D eigenvalue weighted by atomic mass is 10.2. The monoisotopic (exact) mass is 253 g/mol. The Kier molecular flexibility index (Phi) is 3.38. The average Bonchev–Trinajstić information content (AvgIpc) is 2.75. The van der Waals surface area contributed by atoms with E-state index in [1.165, 1.54) is 6.07 Å². The molecule has 2 atom stereocenters. The topological polar surface area (TPSA) is 80.0 Å². The molecule has 1 fully saturated rings. The lowest BCUT2D eigenvalue weighted by Crippen LogP contribution is -2.48. The Morgan fingerprint density at radius 3 is 2.44 bits per heavy atom. The molecule has 1 aromatic heterocycles. The second-order valence-corrected chi connectivity index (χ2v) is 4.47. The summed E-state index contributed by atoms with van der Waals surface area (Å²) in [5, 5.41) is 8.77. The highest BCUT2D eigenvalue weighted by molar-refractivity contribution is 5.95. The zero-order chi connectivity index (χ0) is 13.3. The number of carbonyl (C=O) groups excluding carboxylic acids is 1. The van der Waals surface area contributed by atoms with E-state index in [2.05, 4.69) is 0 Å². The minimum Gasteiger partial charge on any atom is -0.478 e. The predicted octanol–water partition coefficient (Wildman–Crippen LogP) is 1.23. The largest absolute Gasteiger partial charge is 0.478 e. The molecule has 0 bridgehead atoms. The predicted molar refractivity (Wildman–Crippen MR) is 61.6 cm³/mol. The molecular weight excluding hydrogens is 238 g/mol. The van der Waals surface area contributed by atoms with Crippen molar-refractivity contribution in [2.45, 2.75) is 26.1 Å². The number of carbonyl (C=O) groups is 2. The molecule has 1 aliphatic rings. The van der Waals surface area contributed by atoms with Crippen molar-refractivity contribution in [3.8, 4) is 0 Å². The zero-order valence-electron chi connectivity index (χ0n) is 10.3. The quantitative estimate of drug-likeness (QED) is 0.857. The number of morpholine rings is 1. The van der Waals surface area contributed by atoms with E-state index in [9.17, 15) is 9.59 Å². The van der Waals surface area contributed by atoms with Gasteiger partial charge >= 0.3 is 5.97 Å². The van der Waals surface area contributed by atoms with Crippen molar-refractivity contribution in [1.82, 2.24) is 4.90 Å². The van der Waals surface area contributed by atoms with Crippen LogP contribution in [0.4, 0.5) is 0 Å².